The van der Waals surface area contributed by atoms with Crippen molar-refractivity contribution >= 4 is 5.78 Å². The lowest BCUT2D eigenvalue weighted by Gasteiger charge is -2.55. The standard InChI is InChI=1S/C19H23NO3/c1-20-10-18-7-11-3-6-14(23-2)16(22)15(11)19(9-18)8-12(21)4-5-13(19)17(18)20/h3,6,13,17,22H,4-5,7-10H2,1-2H3/t13-,17-,18-,19+/m0/s1. The minimum Gasteiger partial charge on any atom is -0.504 e. The second-order valence-electron chi connectivity index (χ2n) is 8.24. The highest BCUT2D eigenvalue weighted by Gasteiger charge is 2.71. The number of ketones is 1. The lowest BCUT2D eigenvalue weighted by molar-refractivity contribution is -0.123. The first-order valence-corrected chi connectivity index (χ1v) is 8.62. The van der Waals surface area contributed by atoms with Gasteiger partial charge in [0.2, 0.25) is 0 Å². The van der Waals surface area contributed by atoms with E-state index < -0.39 is 0 Å². The highest BCUT2D eigenvalue weighted by molar-refractivity contribution is 5.82. The van der Waals surface area contributed by atoms with Crippen LogP contribution >= 0.6 is 0 Å². The molecule has 0 unspecified atom stereocenters. The highest BCUT2D eigenvalue weighted by atomic mass is 16.5. The molecule has 3 fully saturated rings. The molecule has 1 N–H and O–H groups in total. The minimum absolute atomic E-state index is 0.170. The number of carbonyl (C=O) groups is 1. The smallest absolute Gasteiger partial charge is 0.161 e. The SMILES string of the molecule is COc1ccc2c(c1O)[C@@]13CC(=O)CC[C@H]1[C@@H]1N(C)C[C@]1(C2)C3. The third-order valence-corrected chi connectivity index (χ3v) is 7.16. The van der Waals surface area contributed by atoms with Gasteiger partial charge in [-0.1, -0.05) is 6.07 Å². The van der Waals surface area contributed by atoms with Crippen molar-refractivity contribution < 1.29 is 14.6 Å². The van der Waals surface area contributed by atoms with Gasteiger partial charge < -0.3 is 14.7 Å². The van der Waals surface area contributed by atoms with Crippen LogP contribution in [0.25, 0.3) is 0 Å². The van der Waals surface area contributed by atoms with E-state index in [9.17, 15) is 9.90 Å². The first kappa shape index (κ1) is 13.8. The molecular formula is C19H23NO3. The fourth-order valence-electron chi connectivity index (χ4n) is 6.83. The number of hydrogen-bond donors (Lipinski definition) is 1. The zero-order chi connectivity index (χ0) is 16.0. The van der Waals surface area contributed by atoms with Crippen LogP contribution in [0.15, 0.2) is 12.1 Å². The van der Waals surface area contributed by atoms with Gasteiger partial charge in [-0.05, 0) is 43.9 Å². The number of aromatic hydroxyl groups is 1. The largest absolute Gasteiger partial charge is 0.504 e. The van der Waals surface area contributed by atoms with E-state index >= 15 is 0 Å². The molecule has 2 spiro atoms. The molecule has 5 rings (SSSR count). The maximum atomic E-state index is 12.4. The number of methoxy groups -OCH3 is 1. The van der Waals surface area contributed by atoms with Gasteiger partial charge in [-0.3, -0.25) is 4.79 Å². The van der Waals surface area contributed by atoms with Gasteiger partial charge in [-0.2, -0.15) is 0 Å². The van der Waals surface area contributed by atoms with Crippen molar-refractivity contribution in [2.24, 2.45) is 11.3 Å². The van der Waals surface area contributed by atoms with Gasteiger partial charge in [0.1, 0.15) is 5.78 Å². The van der Waals surface area contributed by atoms with Crippen LogP contribution in [-0.2, 0) is 16.6 Å². The van der Waals surface area contributed by atoms with E-state index in [4.69, 9.17) is 4.74 Å². The van der Waals surface area contributed by atoms with Crippen LogP contribution in [0.2, 0.25) is 0 Å². The number of Topliss-reactive ketones (excluding diaryl/α,β-unsaturated/α-hetero) is 1. The lowest BCUT2D eigenvalue weighted by atomic mass is 9.59. The van der Waals surface area contributed by atoms with Crippen molar-refractivity contribution in [2.75, 3.05) is 20.7 Å². The fraction of sp³-hybridized carbons (Fsp3) is 0.632. The second kappa shape index (κ2) is 4.10. The number of ether oxygens (including phenoxy) is 1. The van der Waals surface area contributed by atoms with Crippen molar-refractivity contribution in [3.63, 3.8) is 0 Å². The van der Waals surface area contributed by atoms with Gasteiger partial charge in [0, 0.05) is 41.8 Å². The summed E-state index contributed by atoms with van der Waals surface area (Å²) >= 11 is 0. The Morgan fingerprint density at radius 2 is 2.17 bits per heavy atom. The van der Waals surface area contributed by atoms with Gasteiger partial charge in [0.25, 0.3) is 0 Å². The Labute approximate surface area is 136 Å². The van der Waals surface area contributed by atoms with Gasteiger partial charge >= 0.3 is 0 Å². The Morgan fingerprint density at radius 1 is 1.35 bits per heavy atom. The molecule has 4 nitrogen and oxygen atoms in total. The third-order valence-electron chi connectivity index (χ3n) is 7.16. The predicted molar refractivity (Wildman–Crippen MR) is 85.9 cm³/mol. The summed E-state index contributed by atoms with van der Waals surface area (Å²) in [5.41, 5.74) is 2.42. The number of rotatable bonds is 1. The molecule has 1 aromatic carbocycles. The summed E-state index contributed by atoms with van der Waals surface area (Å²) in [5, 5.41) is 10.9. The summed E-state index contributed by atoms with van der Waals surface area (Å²) in [6.07, 6.45) is 4.34. The van der Waals surface area contributed by atoms with E-state index in [-0.39, 0.29) is 11.2 Å². The van der Waals surface area contributed by atoms with Gasteiger partial charge in [-0.15, -0.1) is 0 Å². The van der Waals surface area contributed by atoms with Crippen LogP contribution < -0.4 is 4.74 Å². The molecule has 1 aliphatic heterocycles. The van der Waals surface area contributed by atoms with Crippen LogP contribution in [0.5, 0.6) is 11.5 Å². The number of fused-ring (bicyclic) bond motifs is 2. The molecule has 3 aliphatic carbocycles. The number of benzene rings is 1. The summed E-state index contributed by atoms with van der Waals surface area (Å²) in [5.74, 6) is 1.66. The Kier molecular flexibility index (Phi) is 2.47. The summed E-state index contributed by atoms with van der Waals surface area (Å²) in [6, 6.07) is 4.56. The van der Waals surface area contributed by atoms with E-state index in [1.54, 1.807) is 7.11 Å². The molecule has 0 aromatic heterocycles. The molecule has 4 aliphatic rings. The van der Waals surface area contributed by atoms with Gasteiger partial charge in [0.05, 0.1) is 7.11 Å². The van der Waals surface area contributed by atoms with E-state index in [0.717, 1.165) is 31.4 Å². The fourth-order valence-corrected chi connectivity index (χ4v) is 6.83. The molecule has 4 atom stereocenters. The molecule has 2 saturated carbocycles. The Balaban J connectivity index is 1.77. The summed E-state index contributed by atoms with van der Waals surface area (Å²) in [6.45, 7) is 1.12. The van der Waals surface area contributed by atoms with Crippen molar-refractivity contribution in [2.45, 2.75) is 43.6 Å². The first-order chi connectivity index (χ1) is 11.0. The van der Waals surface area contributed by atoms with Crippen LogP contribution in [0, 0.1) is 11.3 Å². The maximum Gasteiger partial charge on any atom is 0.161 e. The molecular weight excluding hydrogens is 290 g/mol. The second-order valence-corrected chi connectivity index (χ2v) is 8.24. The monoisotopic (exact) mass is 313 g/mol. The predicted octanol–water partition coefficient (Wildman–Crippen LogP) is 2.27. The Morgan fingerprint density at radius 3 is 2.91 bits per heavy atom. The number of phenolic OH excluding ortho intramolecular Hbond substituents is 1. The summed E-state index contributed by atoms with van der Waals surface area (Å²) in [7, 11) is 3.81. The van der Waals surface area contributed by atoms with Crippen molar-refractivity contribution in [3.05, 3.63) is 23.3 Å². The zero-order valence-corrected chi connectivity index (χ0v) is 13.8. The lowest BCUT2D eigenvalue weighted by Crippen LogP contribution is -2.63. The minimum atomic E-state index is -0.170. The average molecular weight is 313 g/mol. The van der Waals surface area contributed by atoms with E-state index in [1.165, 1.54) is 5.56 Å². The number of nitrogens with zero attached hydrogens (tertiary/aromatic N) is 1. The molecule has 0 radical (unpaired) electrons. The highest BCUT2D eigenvalue weighted by Crippen LogP contribution is 2.70. The maximum absolute atomic E-state index is 12.4. The van der Waals surface area contributed by atoms with Crippen molar-refractivity contribution in [1.82, 2.24) is 4.90 Å². The average Bonchev–Trinajstić information content (AvgIpc) is 2.67. The van der Waals surface area contributed by atoms with E-state index in [1.807, 2.05) is 6.07 Å². The Bertz CT molecular complexity index is 730. The van der Waals surface area contributed by atoms with Crippen LogP contribution in [0.4, 0.5) is 0 Å². The summed E-state index contributed by atoms with van der Waals surface area (Å²) < 4.78 is 5.36. The third kappa shape index (κ3) is 1.44. The van der Waals surface area contributed by atoms with Crippen LogP contribution in [0.1, 0.15) is 36.8 Å². The van der Waals surface area contributed by atoms with Crippen LogP contribution in [-0.4, -0.2) is 42.5 Å². The van der Waals surface area contributed by atoms with Gasteiger partial charge in [0.15, 0.2) is 11.5 Å². The van der Waals surface area contributed by atoms with Crippen LogP contribution in [0.3, 0.4) is 0 Å². The van der Waals surface area contributed by atoms with E-state index in [2.05, 4.69) is 18.0 Å². The van der Waals surface area contributed by atoms with E-state index in [0.29, 0.717) is 41.7 Å². The van der Waals surface area contributed by atoms with Crippen molar-refractivity contribution in [1.29, 1.82) is 0 Å². The van der Waals surface area contributed by atoms with Gasteiger partial charge in [-0.25, -0.2) is 0 Å². The molecule has 0 amide bonds. The van der Waals surface area contributed by atoms with Crippen molar-refractivity contribution in [3.8, 4) is 11.5 Å². The topological polar surface area (TPSA) is 49.8 Å². The molecule has 1 aromatic rings. The summed E-state index contributed by atoms with van der Waals surface area (Å²) in [4.78, 5) is 14.8. The quantitative estimate of drug-likeness (QED) is 0.864. The number of phenols is 1. The molecule has 23 heavy (non-hydrogen) atoms. The first-order valence-electron chi connectivity index (χ1n) is 8.62. The normalized spacial score (nSPS) is 40.9. The zero-order valence-electron chi connectivity index (χ0n) is 13.8. The molecule has 1 heterocycles. The molecule has 1 saturated heterocycles. The molecule has 4 heteroatoms. The Hall–Kier alpha value is -1.55. The molecule has 122 valence electrons. The molecule has 2 bridgehead atoms. The number of likely N-dealkylation sites (tertiary alicyclic amines) is 1. The number of hydrogen-bond acceptors (Lipinski definition) is 4. The number of carbonyl (C=O) groups excluding carboxylic acids is 1.